The molecule has 0 spiro atoms. The highest BCUT2D eigenvalue weighted by atomic mass is 32.2. The summed E-state index contributed by atoms with van der Waals surface area (Å²) in [6.45, 7) is 0.371. The van der Waals surface area contributed by atoms with E-state index in [1.165, 1.54) is 34.7 Å². The Bertz CT molecular complexity index is 770. The molecule has 0 radical (unpaired) electrons. The average molecular weight is 346 g/mol. The molecular formula is C18H22N2O3S. The average Bonchev–Trinajstić information content (AvgIpc) is 2.59. The summed E-state index contributed by atoms with van der Waals surface area (Å²) in [6, 6.07) is 15.9. The second-order valence-corrected chi connectivity index (χ2v) is 7.48. The van der Waals surface area contributed by atoms with Gasteiger partial charge in [-0.3, -0.25) is 4.79 Å². The van der Waals surface area contributed by atoms with Gasteiger partial charge in [0, 0.05) is 26.2 Å². The van der Waals surface area contributed by atoms with E-state index in [0.717, 1.165) is 12.8 Å². The summed E-state index contributed by atoms with van der Waals surface area (Å²) in [6.07, 6.45) is 1.54. The Hall–Kier alpha value is -2.18. The summed E-state index contributed by atoms with van der Waals surface area (Å²) in [5, 5.41) is 0. The Balaban J connectivity index is 1.91. The molecule has 2 rings (SSSR count). The van der Waals surface area contributed by atoms with Gasteiger partial charge in [0.25, 0.3) is 5.91 Å². The Kier molecular flexibility index (Phi) is 6.11. The van der Waals surface area contributed by atoms with Crippen molar-refractivity contribution in [2.75, 3.05) is 20.6 Å². The van der Waals surface area contributed by atoms with Crippen LogP contribution in [-0.2, 0) is 16.4 Å². The van der Waals surface area contributed by atoms with Gasteiger partial charge in [0.1, 0.15) is 0 Å². The Morgan fingerprint density at radius 1 is 1.00 bits per heavy atom. The molecule has 5 nitrogen and oxygen atoms in total. The van der Waals surface area contributed by atoms with Crippen LogP contribution in [0.5, 0.6) is 0 Å². The zero-order valence-electron chi connectivity index (χ0n) is 13.9. The first kappa shape index (κ1) is 18.2. The van der Waals surface area contributed by atoms with E-state index in [1.807, 2.05) is 30.3 Å². The molecule has 1 amide bonds. The molecule has 0 aromatic heterocycles. The number of nitrogens with one attached hydrogen (secondary N) is 1. The topological polar surface area (TPSA) is 66.5 Å². The minimum absolute atomic E-state index is 0.158. The lowest BCUT2D eigenvalue weighted by Gasteiger charge is -2.11. The summed E-state index contributed by atoms with van der Waals surface area (Å²) in [5.74, 6) is -0.158. The first-order chi connectivity index (χ1) is 11.4. The molecule has 0 aliphatic carbocycles. The maximum atomic E-state index is 12.3. The van der Waals surface area contributed by atoms with Gasteiger partial charge >= 0.3 is 0 Å². The fraction of sp³-hybridized carbons (Fsp3) is 0.278. The number of hydrogen-bond acceptors (Lipinski definition) is 3. The largest absolute Gasteiger partial charge is 0.345 e. The van der Waals surface area contributed by atoms with E-state index in [-0.39, 0.29) is 10.8 Å². The summed E-state index contributed by atoms with van der Waals surface area (Å²) < 4.78 is 27.1. The van der Waals surface area contributed by atoms with Crippen LogP contribution in [0.3, 0.4) is 0 Å². The van der Waals surface area contributed by atoms with Crippen molar-refractivity contribution in [3.05, 3.63) is 65.7 Å². The van der Waals surface area contributed by atoms with Gasteiger partial charge in [0.2, 0.25) is 10.0 Å². The first-order valence-electron chi connectivity index (χ1n) is 7.75. The Labute approximate surface area is 143 Å². The van der Waals surface area contributed by atoms with Crippen LogP contribution in [0.25, 0.3) is 0 Å². The Morgan fingerprint density at radius 3 is 2.21 bits per heavy atom. The van der Waals surface area contributed by atoms with Crippen LogP contribution in [0.15, 0.2) is 59.5 Å². The van der Waals surface area contributed by atoms with Gasteiger partial charge in [0.15, 0.2) is 0 Å². The first-order valence-corrected chi connectivity index (χ1v) is 9.24. The highest BCUT2D eigenvalue weighted by Gasteiger charge is 2.15. The maximum absolute atomic E-state index is 12.3. The highest BCUT2D eigenvalue weighted by molar-refractivity contribution is 7.89. The number of rotatable bonds is 7. The molecule has 0 bridgehead atoms. The lowest BCUT2D eigenvalue weighted by Crippen LogP contribution is -2.25. The third-order valence-corrected chi connectivity index (χ3v) is 5.07. The molecule has 0 heterocycles. The van der Waals surface area contributed by atoms with Gasteiger partial charge in [-0.25, -0.2) is 13.1 Å². The van der Waals surface area contributed by atoms with Crippen LogP contribution in [0.1, 0.15) is 22.3 Å². The van der Waals surface area contributed by atoms with Crippen LogP contribution >= 0.6 is 0 Å². The third kappa shape index (κ3) is 4.91. The minimum atomic E-state index is -3.55. The molecule has 128 valence electrons. The highest BCUT2D eigenvalue weighted by Crippen LogP contribution is 2.12. The number of aryl methyl sites for hydroxylation is 1. The number of nitrogens with zero attached hydrogens (tertiary/aromatic N) is 1. The van der Waals surface area contributed by atoms with Gasteiger partial charge in [-0.2, -0.15) is 0 Å². The zero-order valence-corrected chi connectivity index (χ0v) is 14.7. The number of hydrogen-bond donors (Lipinski definition) is 1. The Morgan fingerprint density at radius 2 is 1.62 bits per heavy atom. The van der Waals surface area contributed by atoms with Crippen LogP contribution < -0.4 is 4.72 Å². The molecular weight excluding hydrogens is 324 g/mol. The van der Waals surface area contributed by atoms with Crippen LogP contribution in [-0.4, -0.2) is 39.9 Å². The molecule has 0 unspecified atom stereocenters. The van der Waals surface area contributed by atoms with Gasteiger partial charge in [-0.05, 0) is 42.7 Å². The molecule has 0 atom stereocenters. The van der Waals surface area contributed by atoms with Gasteiger partial charge in [-0.15, -0.1) is 0 Å². The SMILES string of the molecule is CN(C)C(=O)c1ccc(S(=O)(=O)NCCCc2ccccc2)cc1. The van der Waals surface area contributed by atoms with E-state index in [0.29, 0.717) is 12.1 Å². The molecule has 24 heavy (non-hydrogen) atoms. The quantitative estimate of drug-likeness (QED) is 0.782. The van der Waals surface area contributed by atoms with Crippen LogP contribution in [0.4, 0.5) is 0 Å². The van der Waals surface area contributed by atoms with Crippen LogP contribution in [0.2, 0.25) is 0 Å². The monoisotopic (exact) mass is 346 g/mol. The number of benzene rings is 2. The van der Waals surface area contributed by atoms with Crippen molar-refractivity contribution < 1.29 is 13.2 Å². The van der Waals surface area contributed by atoms with Crippen molar-refractivity contribution in [1.29, 1.82) is 0 Å². The maximum Gasteiger partial charge on any atom is 0.253 e. The molecule has 0 aliphatic heterocycles. The van der Waals surface area contributed by atoms with E-state index in [4.69, 9.17) is 0 Å². The van der Waals surface area contributed by atoms with Crippen molar-refractivity contribution in [2.45, 2.75) is 17.7 Å². The standard InChI is InChI=1S/C18H22N2O3S/c1-20(2)18(21)16-10-12-17(13-11-16)24(22,23)19-14-6-9-15-7-4-3-5-8-15/h3-5,7-8,10-13,19H,6,9,14H2,1-2H3. The van der Waals surface area contributed by atoms with Crippen molar-refractivity contribution in [3.8, 4) is 0 Å². The minimum Gasteiger partial charge on any atom is -0.345 e. The number of carbonyl (C=O) groups is 1. The second kappa shape index (κ2) is 8.08. The fourth-order valence-electron chi connectivity index (χ4n) is 2.26. The van der Waals surface area contributed by atoms with Crippen molar-refractivity contribution in [1.82, 2.24) is 9.62 Å². The summed E-state index contributed by atoms with van der Waals surface area (Å²) in [4.78, 5) is 13.4. The third-order valence-electron chi connectivity index (χ3n) is 3.59. The molecule has 0 saturated carbocycles. The van der Waals surface area contributed by atoms with Gasteiger partial charge < -0.3 is 4.90 Å². The summed E-state index contributed by atoms with van der Waals surface area (Å²) in [5.41, 5.74) is 1.64. The molecule has 0 aliphatic rings. The fourth-order valence-corrected chi connectivity index (χ4v) is 3.34. The predicted octanol–water partition coefficient (Wildman–Crippen LogP) is 2.30. The molecule has 0 fully saturated rings. The number of sulfonamides is 1. The normalized spacial score (nSPS) is 11.2. The van der Waals surface area contributed by atoms with Crippen molar-refractivity contribution in [2.24, 2.45) is 0 Å². The van der Waals surface area contributed by atoms with Gasteiger partial charge in [-0.1, -0.05) is 30.3 Å². The number of amides is 1. The predicted molar refractivity (Wildman–Crippen MR) is 94.4 cm³/mol. The van der Waals surface area contributed by atoms with E-state index in [1.54, 1.807) is 14.1 Å². The smallest absolute Gasteiger partial charge is 0.253 e. The van der Waals surface area contributed by atoms with Crippen LogP contribution in [0, 0.1) is 0 Å². The molecule has 0 saturated heterocycles. The van der Waals surface area contributed by atoms with E-state index < -0.39 is 10.0 Å². The molecule has 2 aromatic carbocycles. The lowest BCUT2D eigenvalue weighted by molar-refractivity contribution is 0.0827. The van der Waals surface area contributed by atoms with Crippen molar-refractivity contribution >= 4 is 15.9 Å². The molecule has 2 aromatic rings. The molecule has 1 N–H and O–H groups in total. The van der Waals surface area contributed by atoms with E-state index >= 15 is 0 Å². The molecule has 6 heteroatoms. The number of carbonyl (C=O) groups excluding carboxylic acids is 1. The van der Waals surface area contributed by atoms with E-state index in [2.05, 4.69) is 4.72 Å². The lowest BCUT2D eigenvalue weighted by atomic mass is 10.1. The van der Waals surface area contributed by atoms with Crippen molar-refractivity contribution in [3.63, 3.8) is 0 Å². The summed E-state index contributed by atoms with van der Waals surface area (Å²) >= 11 is 0. The summed E-state index contributed by atoms with van der Waals surface area (Å²) in [7, 11) is -0.244. The van der Waals surface area contributed by atoms with Gasteiger partial charge in [0.05, 0.1) is 4.90 Å². The zero-order chi connectivity index (χ0) is 17.6. The second-order valence-electron chi connectivity index (χ2n) is 5.71. The van der Waals surface area contributed by atoms with E-state index in [9.17, 15) is 13.2 Å².